The highest BCUT2D eigenvalue weighted by molar-refractivity contribution is 7.89. The molecule has 0 spiro atoms. The topological polar surface area (TPSA) is 72.2 Å². The van der Waals surface area contributed by atoms with Crippen molar-refractivity contribution in [2.45, 2.75) is 63.8 Å². The molecule has 0 aromatic heterocycles. The molecule has 1 saturated carbocycles. The summed E-state index contributed by atoms with van der Waals surface area (Å²) in [6.45, 7) is 6.39. The van der Waals surface area contributed by atoms with Crippen LogP contribution in [0.15, 0.2) is 23.1 Å². The van der Waals surface area contributed by atoms with E-state index in [1.54, 1.807) is 18.2 Å². The number of benzene rings is 1. The van der Waals surface area contributed by atoms with Crippen LogP contribution in [0.3, 0.4) is 0 Å². The number of rotatable bonds is 4. The summed E-state index contributed by atoms with van der Waals surface area (Å²) in [4.78, 5) is 0.264. The van der Waals surface area contributed by atoms with Crippen LogP contribution in [0.1, 0.15) is 52.0 Å². The van der Waals surface area contributed by atoms with Crippen molar-refractivity contribution in [3.8, 4) is 0 Å². The van der Waals surface area contributed by atoms with E-state index in [2.05, 4.69) is 18.6 Å². The summed E-state index contributed by atoms with van der Waals surface area (Å²) in [5, 5.41) is 0. The van der Waals surface area contributed by atoms with E-state index < -0.39 is 10.0 Å². The molecule has 0 radical (unpaired) electrons. The van der Waals surface area contributed by atoms with E-state index in [4.69, 9.17) is 5.73 Å². The highest BCUT2D eigenvalue weighted by Gasteiger charge is 2.30. The molecule has 1 atom stereocenters. The van der Waals surface area contributed by atoms with E-state index in [-0.39, 0.29) is 16.4 Å². The third-order valence-electron chi connectivity index (χ3n) is 4.34. The molecule has 1 fully saturated rings. The van der Waals surface area contributed by atoms with Gasteiger partial charge in [-0.15, -0.1) is 0 Å². The Hall–Kier alpha value is -1.07. The first-order valence-corrected chi connectivity index (χ1v) is 9.12. The fraction of sp³-hybridized carbons (Fsp3) is 0.625. The summed E-state index contributed by atoms with van der Waals surface area (Å²) in [7, 11) is -3.49. The van der Waals surface area contributed by atoms with Gasteiger partial charge in [-0.3, -0.25) is 0 Å². The molecule has 5 heteroatoms. The van der Waals surface area contributed by atoms with Gasteiger partial charge in [0, 0.05) is 11.7 Å². The maximum absolute atomic E-state index is 12.5. The first-order chi connectivity index (χ1) is 9.73. The highest BCUT2D eigenvalue weighted by Crippen LogP contribution is 2.35. The van der Waals surface area contributed by atoms with Crippen LogP contribution in [0.4, 0.5) is 5.69 Å². The number of hydrogen-bond acceptors (Lipinski definition) is 3. The molecule has 3 N–H and O–H groups in total. The van der Waals surface area contributed by atoms with E-state index in [0.717, 1.165) is 37.7 Å². The minimum atomic E-state index is -3.49. The molecule has 21 heavy (non-hydrogen) atoms. The summed E-state index contributed by atoms with van der Waals surface area (Å²) < 4.78 is 27.8. The second kappa shape index (κ2) is 5.97. The molecule has 0 amide bonds. The molecule has 1 aliphatic rings. The average Bonchev–Trinajstić information content (AvgIpc) is 2.36. The second-order valence-corrected chi connectivity index (χ2v) is 8.51. The van der Waals surface area contributed by atoms with E-state index in [1.165, 1.54) is 0 Å². The van der Waals surface area contributed by atoms with Gasteiger partial charge >= 0.3 is 0 Å². The lowest BCUT2D eigenvalue weighted by Crippen LogP contribution is -2.40. The number of nitrogens with one attached hydrogen (secondary N) is 1. The van der Waals surface area contributed by atoms with Gasteiger partial charge in [0.15, 0.2) is 0 Å². The van der Waals surface area contributed by atoms with Gasteiger partial charge in [0.05, 0.1) is 4.90 Å². The Balaban J connectivity index is 2.17. The third kappa shape index (κ3) is 3.98. The monoisotopic (exact) mass is 310 g/mol. The van der Waals surface area contributed by atoms with Gasteiger partial charge in [-0.05, 0) is 48.8 Å². The SMILES string of the molecule is CCc1ccc(S(=O)(=O)NC2CCCC(C)(C)C2)cc1N. The van der Waals surface area contributed by atoms with E-state index in [9.17, 15) is 8.42 Å². The lowest BCUT2D eigenvalue weighted by atomic mass is 9.75. The molecule has 0 saturated heterocycles. The molecule has 1 aliphatic carbocycles. The van der Waals surface area contributed by atoms with Crippen molar-refractivity contribution < 1.29 is 8.42 Å². The zero-order valence-corrected chi connectivity index (χ0v) is 14.0. The maximum Gasteiger partial charge on any atom is 0.240 e. The van der Waals surface area contributed by atoms with E-state index in [1.807, 2.05) is 6.92 Å². The summed E-state index contributed by atoms with van der Waals surface area (Å²) >= 11 is 0. The van der Waals surface area contributed by atoms with Crippen LogP contribution in [0.25, 0.3) is 0 Å². The summed E-state index contributed by atoms with van der Waals surface area (Å²) in [6, 6.07) is 5.03. The predicted molar refractivity (Wildman–Crippen MR) is 86.6 cm³/mol. The smallest absolute Gasteiger partial charge is 0.240 e. The minimum Gasteiger partial charge on any atom is -0.398 e. The molecule has 0 aliphatic heterocycles. The quantitative estimate of drug-likeness (QED) is 0.839. The van der Waals surface area contributed by atoms with Gasteiger partial charge in [-0.2, -0.15) is 0 Å². The van der Waals surface area contributed by atoms with Crippen molar-refractivity contribution in [3.63, 3.8) is 0 Å². The van der Waals surface area contributed by atoms with Gasteiger partial charge in [0.1, 0.15) is 0 Å². The summed E-state index contributed by atoms with van der Waals surface area (Å²) in [5.41, 5.74) is 7.64. The molecule has 2 rings (SSSR count). The standard InChI is InChI=1S/C16H26N2O2S/c1-4-12-7-8-14(10-15(12)17)21(19,20)18-13-6-5-9-16(2,3)11-13/h7-8,10,13,18H,4-6,9,11,17H2,1-3H3. The Morgan fingerprint density at radius 3 is 2.67 bits per heavy atom. The number of hydrogen-bond donors (Lipinski definition) is 2. The maximum atomic E-state index is 12.5. The Morgan fingerprint density at radius 1 is 1.38 bits per heavy atom. The normalized spacial score (nSPS) is 22.1. The van der Waals surface area contributed by atoms with Crippen LogP contribution >= 0.6 is 0 Å². The lowest BCUT2D eigenvalue weighted by Gasteiger charge is -2.35. The molecule has 118 valence electrons. The van der Waals surface area contributed by atoms with Crippen molar-refractivity contribution in [2.24, 2.45) is 5.41 Å². The molecule has 1 unspecified atom stereocenters. The Kier molecular flexibility index (Phi) is 4.63. The largest absolute Gasteiger partial charge is 0.398 e. The molecule has 0 heterocycles. The highest BCUT2D eigenvalue weighted by atomic mass is 32.2. The van der Waals surface area contributed by atoms with Crippen LogP contribution in [0, 0.1) is 5.41 Å². The summed E-state index contributed by atoms with van der Waals surface area (Å²) in [6.07, 6.45) is 4.82. The Bertz CT molecular complexity index is 609. The molecular formula is C16H26N2O2S. The van der Waals surface area contributed by atoms with Crippen molar-refractivity contribution >= 4 is 15.7 Å². The average molecular weight is 310 g/mol. The fourth-order valence-corrected chi connectivity index (χ4v) is 4.45. The molecule has 1 aromatic rings. The van der Waals surface area contributed by atoms with E-state index in [0.29, 0.717) is 5.69 Å². The first kappa shape index (κ1) is 16.3. The van der Waals surface area contributed by atoms with Crippen LogP contribution in [0.2, 0.25) is 0 Å². The van der Waals surface area contributed by atoms with Crippen LogP contribution in [-0.2, 0) is 16.4 Å². The summed E-state index contributed by atoms with van der Waals surface area (Å²) in [5.74, 6) is 0. The number of aryl methyl sites for hydroxylation is 1. The zero-order valence-electron chi connectivity index (χ0n) is 13.1. The minimum absolute atomic E-state index is 0.0193. The van der Waals surface area contributed by atoms with Gasteiger partial charge in [0.25, 0.3) is 0 Å². The number of anilines is 1. The Labute approximate surface area is 128 Å². The van der Waals surface area contributed by atoms with Crippen molar-refractivity contribution in [1.29, 1.82) is 0 Å². The predicted octanol–water partition coefficient (Wildman–Crippen LogP) is 3.08. The number of nitrogen functional groups attached to an aromatic ring is 1. The molecule has 4 nitrogen and oxygen atoms in total. The van der Waals surface area contributed by atoms with Crippen molar-refractivity contribution in [1.82, 2.24) is 4.72 Å². The van der Waals surface area contributed by atoms with Gasteiger partial charge < -0.3 is 5.73 Å². The van der Waals surface area contributed by atoms with Gasteiger partial charge in [-0.25, -0.2) is 13.1 Å². The number of nitrogens with two attached hydrogens (primary N) is 1. The van der Waals surface area contributed by atoms with Crippen LogP contribution in [-0.4, -0.2) is 14.5 Å². The molecule has 0 bridgehead atoms. The number of sulfonamides is 1. The molecular weight excluding hydrogens is 284 g/mol. The van der Waals surface area contributed by atoms with Crippen molar-refractivity contribution in [2.75, 3.05) is 5.73 Å². The van der Waals surface area contributed by atoms with Crippen molar-refractivity contribution in [3.05, 3.63) is 23.8 Å². The lowest BCUT2D eigenvalue weighted by molar-refractivity contribution is 0.212. The van der Waals surface area contributed by atoms with Crippen LogP contribution < -0.4 is 10.5 Å². The Morgan fingerprint density at radius 2 is 2.10 bits per heavy atom. The van der Waals surface area contributed by atoms with E-state index >= 15 is 0 Å². The zero-order chi connectivity index (χ0) is 15.7. The first-order valence-electron chi connectivity index (χ1n) is 7.64. The van der Waals surface area contributed by atoms with Gasteiger partial charge in [0.2, 0.25) is 10.0 Å². The third-order valence-corrected chi connectivity index (χ3v) is 5.85. The van der Waals surface area contributed by atoms with Crippen LogP contribution in [0.5, 0.6) is 0 Å². The van der Waals surface area contributed by atoms with Gasteiger partial charge in [-0.1, -0.05) is 33.3 Å². The molecule has 1 aromatic carbocycles. The second-order valence-electron chi connectivity index (χ2n) is 6.79. The fourth-order valence-electron chi connectivity index (χ4n) is 3.15.